The minimum absolute atomic E-state index is 0.522. The molecule has 4 rings (SSSR count). The molecule has 2 heterocycles. The quantitative estimate of drug-likeness (QED) is 0.488. The number of tetrazole rings is 1. The van der Waals surface area contributed by atoms with E-state index in [0.29, 0.717) is 12.4 Å². The van der Waals surface area contributed by atoms with Gasteiger partial charge in [0.25, 0.3) is 0 Å². The standard InChI is InChI=1S/C19H17BrN6O/c1-13-3-7-15(8-4-13)26-18(20)17(11-21-26)19-22-24-25(23-19)12-14-5-9-16(27-2)10-6-14/h3-11H,12H2,1-2H3. The first kappa shape index (κ1) is 17.4. The summed E-state index contributed by atoms with van der Waals surface area (Å²) in [4.78, 5) is 1.56. The van der Waals surface area contributed by atoms with Crippen molar-refractivity contribution in [2.24, 2.45) is 0 Å². The summed E-state index contributed by atoms with van der Waals surface area (Å²) >= 11 is 3.60. The van der Waals surface area contributed by atoms with Gasteiger partial charge in [-0.1, -0.05) is 29.8 Å². The lowest BCUT2D eigenvalue weighted by molar-refractivity contribution is 0.414. The summed E-state index contributed by atoms with van der Waals surface area (Å²) in [6, 6.07) is 15.9. The summed E-state index contributed by atoms with van der Waals surface area (Å²) in [5.41, 5.74) is 4.01. The van der Waals surface area contributed by atoms with E-state index in [1.54, 1.807) is 22.8 Å². The van der Waals surface area contributed by atoms with Crippen LogP contribution in [0.4, 0.5) is 0 Å². The van der Waals surface area contributed by atoms with Crippen LogP contribution >= 0.6 is 15.9 Å². The van der Waals surface area contributed by atoms with E-state index >= 15 is 0 Å². The SMILES string of the molecule is COc1ccc(Cn2nnc(-c3cnn(-c4ccc(C)cc4)c3Br)n2)cc1. The molecule has 0 fully saturated rings. The van der Waals surface area contributed by atoms with E-state index in [4.69, 9.17) is 4.74 Å². The van der Waals surface area contributed by atoms with Gasteiger partial charge in [-0.3, -0.25) is 0 Å². The summed E-state index contributed by atoms with van der Waals surface area (Å²) in [6.07, 6.45) is 1.73. The van der Waals surface area contributed by atoms with Crippen molar-refractivity contribution in [3.05, 3.63) is 70.5 Å². The Hall–Kier alpha value is -3.00. The number of benzene rings is 2. The molecule has 0 N–H and O–H groups in total. The molecule has 0 aliphatic carbocycles. The van der Waals surface area contributed by atoms with Gasteiger partial charge in [0.15, 0.2) is 0 Å². The molecular weight excluding hydrogens is 408 g/mol. The molecule has 0 aliphatic heterocycles. The number of hydrogen-bond acceptors (Lipinski definition) is 5. The lowest BCUT2D eigenvalue weighted by Gasteiger charge is -2.03. The van der Waals surface area contributed by atoms with E-state index in [1.165, 1.54) is 5.56 Å². The van der Waals surface area contributed by atoms with Crippen molar-refractivity contribution in [1.82, 2.24) is 30.0 Å². The first-order chi connectivity index (χ1) is 13.1. The highest BCUT2D eigenvalue weighted by molar-refractivity contribution is 9.10. The molecule has 2 aromatic carbocycles. The normalized spacial score (nSPS) is 10.9. The molecule has 4 aromatic rings. The Morgan fingerprint density at radius 2 is 1.78 bits per heavy atom. The lowest BCUT2D eigenvalue weighted by atomic mass is 10.2. The number of halogens is 1. The van der Waals surface area contributed by atoms with E-state index in [-0.39, 0.29) is 0 Å². The van der Waals surface area contributed by atoms with Crippen molar-refractivity contribution in [2.75, 3.05) is 7.11 Å². The summed E-state index contributed by atoms with van der Waals surface area (Å²) in [5, 5.41) is 17.2. The predicted octanol–water partition coefficient (Wildman–Crippen LogP) is 3.65. The van der Waals surface area contributed by atoms with Crippen LogP contribution in [-0.4, -0.2) is 37.1 Å². The number of nitrogens with zero attached hydrogens (tertiary/aromatic N) is 6. The molecule has 0 atom stereocenters. The van der Waals surface area contributed by atoms with Crippen LogP contribution in [0.2, 0.25) is 0 Å². The first-order valence-corrected chi connectivity index (χ1v) is 9.15. The maximum Gasteiger partial charge on any atom is 0.209 e. The Bertz CT molecular complexity index is 1050. The van der Waals surface area contributed by atoms with Crippen molar-refractivity contribution >= 4 is 15.9 Å². The lowest BCUT2D eigenvalue weighted by Crippen LogP contribution is -2.04. The molecule has 27 heavy (non-hydrogen) atoms. The molecule has 2 aromatic heterocycles. The summed E-state index contributed by atoms with van der Waals surface area (Å²) in [6.45, 7) is 2.58. The van der Waals surface area contributed by atoms with Crippen LogP contribution < -0.4 is 4.74 Å². The van der Waals surface area contributed by atoms with Gasteiger partial charge in [0.05, 0.1) is 31.1 Å². The molecule has 0 bridgehead atoms. The Labute approximate surface area is 164 Å². The molecular formula is C19H17BrN6O. The molecule has 8 heteroatoms. The van der Waals surface area contributed by atoms with E-state index in [0.717, 1.165) is 27.2 Å². The summed E-state index contributed by atoms with van der Waals surface area (Å²) < 4.78 is 7.77. The highest BCUT2D eigenvalue weighted by atomic mass is 79.9. The fraction of sp³-hybridized carbons (Fsp3) is 0.158. The zero-order chi connectivity index (χ0) is 18.8. The van der Waals surface area contributed by atoms with Gasteiger partial charge in [-0.05, 0) is 57.9 Å². The Balaban J connectivity index is 1.57. The number of methoxy groups -OCH3 is 1. The molecule has 0 aliphatic rings. The second-order valence-electron chi connectivity index (χ2n) is 6.09. The zero-order valence-corrected chi connectivity index (χ0v) is 16.5. The molecule has 0 saturated carbocycles. The first-order valence-electron chi connectivity index (χ1n) is 8.36. The Morgan fingerprint density at radius 1 is 1.04 bits per heavy atom. The average Bonchev–Trinajstić information content (AvgIpc) is 3.29. The number of rotatable bonds is 5. The maximum atomic E-state index is 5.17. The van der Waals surface area contributed by atoms with E-state index in [1.807, 2.05) is 48.5 Å². The molecule has 0 spiro atoms. The van der Waals surface area contributed by atoms with Crippen LogP contribution in [0.25, 0.3) is 17.1 Å². The topological polar surface area (TPSA) is 70.7 Å². The molecule has 0 unspecified atom stereocenters. The highest BCUT2D eigenvalue weighted by Crippen LogP contribution is 2.27. The van der Waals surface area contributed by atoms with Gasteiger partial charge in [-0.25, -0.2) is 4.68 Å². The maximum absolute atomic E-state index is 5.17. The fourth-order valence-corrected chi connectivity index (χ4v) is 3.24. The van der Waals surface area contributed by atoms with Gasteiger partial charge in [-0.2, -0.15) is 9.90 Å². The van der Waals surface area contributed by atoms with Crippen molar-refractivity contribution in [1.29, 1.82) is 0 Å². The molecule has 0 amide bonds. The monoisotopic (exact) mass is 424 g/mol. The number of aromatic nitrogens is 6. The smallest absolute Gasteiger partial charge is 0.209 e. The summed E-state index contributed by atoms with van der Waals surface area (Å²) in [5.74, 6) is 1.34. The van der Waals surface area contributed by atoms with Crippen LogP contribution in [0, 0.1) is 6.92 Å². The predicted molar refractivity (Wildman–Crippen MR) is 105 cm³/mol. The second kappa shape index (κ2) is 7.32. The highest BCUT2D eigenvalue weighted by Gasteiger charge is 2.16. The minimum Gasteiger partial charge on any atom is -0.497 e. The van der Waals surface area contributed by atoms with Gasteiger partial charge in [-0.15, -0.1) is 10.2 Å². The van der Waals surface area contributed by atoms with E-state index in [2.05, 4.69) is 43.4 Å². The average molecular weight is 425 g/mol. The molecule has 0 saturated heterocycles. The largest absolute Gasteiger partial charge is 0.497 e. The van der Waals surface area contributed by atoms with Crippen molar-refractivity contribution in [3.63, 3.8) is 0 Å². The van der Waals surface area contributed by atoms with Crippen LogP contribution in [0.3, 0.4) is 0 Å². The molecule has 0 radical (unpaired) electrons. The van der Waals surface area contributed by atoms with Gasteiger partial charge >= 0.3 is 0 Å². The van der Waals surface area contributed by atoms with Gasteiger partial charge in [0, 0.05) is 0 Å². The van der Waals surface area contributed by atoms with E-state index in [9.17, 15) is 0 Å². The van der Waals surface area contributed by atoms with E-state index < -0.39 is 0 Å². The van der Waals surface area contributed by atoms with Crippen LogP contribution in [-0.2, 0) is 6.54 Å². The Morgan fingerprint density at radius 3 is 2.48 bits per heavy atom. The molecule has 7 nitrogen and oxygen atoms in total. The van der Waals surface area contributed by atoms with Crippen LogP contribution in [0.15, 0.2) is 59.3 Å². The van der Waals surface area contributed by atoms with Gasteiger partial charge in [0.1, 0.15) is 10.4 Å². The van der Waals surface area contributed by atoms with Crippen molar-refractivity contribution in [3.8, 4) is 22.8 Å². The third-order valence-corrected chi connectivity index (χ3v) is 4.93. The van der Waals surface area contributed by atoms with Crippen molar-refractivity contribution in [2.45, 2.75) is 13.5 Å². The van der Waals surface area contributed by atoms with Crippen molar-refractivity contribution < 1.29 is 4.74 Å². The Kier molecular flexibility index (Phi) is 4.72. The minimum atomic E-state index is 0.522. The number of hydrogen-bond donors (Lipinski definition) is 0. The second-order valence-corrected chi connectivity index (χ2v) is 6.84. The number of ether oxygens (including phenoxy) is 1. The third-order valence-electron chi connectivity index (χ3n) is 4.17. The molecule has 136 valence electrons. The fourth-order valence-electron chi connectivity index (χ4n) is 2.66. The number of aryl methyl sites for hydroxylation is 1. The van der Waals surface area contributed by atoms with Crippen LogP contribution in [0.5, 0.6) is 5.75 Å². The van der Waals surface area contributed by atoms with Gasteiger partial charge in [0.2, 0.25) is 5.82 Å². The zero-order valence-electron chi connectivity index (χ0n) is 14.9. The summed E-state index contributed by atoms with van der Waals surface area (Å²) in [7, 11) is 1.65. The third kappa shape index (κ3) is 3.61. The van der Waals surface area contributed by atoms with Crippen LogP contribution in [0.1, 0.15) is 11.1 Å². The van der Waals surface area contributed by atoms with Gasteiger partial charge < -0.3 is 4.74 Å².